The van der Waals surface area contributed by atoms with Gasteiger partial charge in [0.25, 0.3) is 5.56 Å². The smallest absolute Gasteiger partial charge is 0.268 e. The zero-order valence-corrected chi connectivity index (χ0v) is 15.8. The molecule has 1 aromatic heterocycles. The molecule has 1 atom stereocenters. The number of benzene rings is 2. The van der Waals surface area contributed by atoms with E-state index in [2.05, 4.69) is 4.98 Å². The fourth-order valence-corrected chi connectivity index (χ4v) is 3.88. The normalized spacial score (nSPS) is 13.6. The molecule has 1 heterocycles. The lowest BCUT2D eigenvalue weighted by Crippen LogP contribution is -2.22. The topological polar surface area (TPSA) is 52.0 Å². The van der Waals surface area contributed by atoms with Crippen LogP contribution in [0.5, 0.6) is 0 Å². The molecule has 3 rings (SSSR count). The molecule has 0 amide bonds. The van der Waals surface area contributed by atoms with Gasteiger partial charge in [-0.05, 0) is 42.8 Å². The van der Waals surface area contributed by atoms with Crippen LogP contribution in [-0.2, 0) is 17.0 Å². The highest BCUT2D eigenvalue weighted by Crippen LogP contribution is 2.30. The average molecular weight is 452 g/mol. The van der Waals surface area contributed by atoms with Gasteiger partial charge >= 0.3 is 12.4 Å². The van der Waals surface area contributed by atoms with Gasteiger partial charge < -0.3 is 0 Å². The highest BCUT2D eigenvalue weighted by molar-refractivity contribution is 7.85. The van der Waals surface area contributed by atoms with Crippen LogP contribution in [0.2, 0.25) is 0 Å². The molecule has 160 valence electrons. The van der Waals surface area contributed by atoms with Crippen LogP contribution in [-0.4, -0.2) is 25.7 Å². The summed E-state index contributed by atoms with van der Waals surface area (Å²) < 4.78 is 104. The lowest BCUT2D eigenvalue weighted by atomic mass is 10.1. The summed E-state index contributed by atoms with van der Waals surface area (Å²) in [5.74, 6) is -2.73. The van der Waals surface area contributed by atoms with Gasteiger partial charge in [0.1, 0.15) is 17.9 Å². The molecular weight excluding hydrogens is 441 g/mol. The van der Waals surface area contributed by atoms with Crippen molar-refractivity contribution in [3.63, 3.8) is 0 Å². The van der Waals surface area contributed by atoms with Crippen LogP contribution < -0.4 is 5.56 Å². The number of hydrogen-bond donors (Lipinski definition) is 0. The summed E-state index contributed by atoms with van der Waals surface area (Å²) in [6.45, 7) is 1.24. The molecule has 12 heteroatoms. The summed E-state index contributed by atoms with van der Waals surface area (Å²) in [4.78, 5) is 16.1. The molecule has 30 heavy (non-hydrogen) atoms. The van der Waals surface area contributed by atoms with Gasteiger partial charge in [0.05, 0.1) is 33.0 Å². The third-order valence-electron chi connectivity index (χ3n) is 4.13. The molecule has 3 aromatic rings. The van der Waals surface area contributed by atoms with Crippen LogP contribution in [0.1, 0.15) is 11.1 Å². The lowest BCUT2D eigenvalue weighted by Gasteiger charge is -2.14. The number of aromatic nitrogens is 2. The molecule has 0 aliphatic rings. The highest BCUT2D eigenvalue weighted by atomic mass is 32.2. The Morgan fingerprint density at radius 1 is 1.07 bits per heavy atom. The summed E-state index contributed by atoms with van der Waals surface area (Å²) in [5.41, 5.74) is -2.90. The van der Waals surface area contributed by atoms with Gasteiger partial charge in [-0.3, -0.25) is 13.6 Å². The van der Waals surface area contributed by atoms with Crippen molar-refractivity contribution in [2.75, 3.05) is 5.75 Å². The second-order valence-corrected chi connectivity index (χ2v) is 7.74. The Morgan fingerprint density at radius 2 is 1.73 bits per heavy atom. The Hall–Kier alpha value is -2.76. The Balaban J connectivity index is 2.20. The standard InChI is InChI=1S/C18H11F7N2O2S/c1-9-4-12(19)14(6-15(9)30(29)7-17(20,21)22)27-8-26-13-3-2-10(18(23,24)25)5-11(13)16(27)28/h2-6,8H,7H2,1H3. The van der Waals surface area contributed by atoms with Crippen molar-refractivity contribution in [1.82, 2.24) is 9.55 Å². The minimum absolute atomic E-state index is 0.0417. The molecule has 2 aromatic carbocycles. The second-order valence-electron chi connectivity index (χ2n) is 6.32. The first-order chi connectivity index (χ1) is 13.8. The largest absolute Gasteiger partial charge is 0.416 e. The fraction of sp³-hybridized carbons (Fsp3) is 0.222. The maximum atomic E-state index is 14.5. The van der Waals surface area contributed by atoms with Crippen LogP contribution in [0.3, 0.4) is 0 Å². The van der Waals surface area contributed by atoms with Crippen molar-refractivity contribution in [2.45, 2.75) is 24.2 Å². The van der Waals surface area contributed by atoms with Crippen molar-refractivity contribution in [2.24, 2.45) is 0 Å². The van der Waals surface area contributed by atoms with E-state index < -0.39 is 56.9 Å². The average Bonchev–Trinajstić information content (AvgIpc) is 2.60. The molecule has 0 saturated carbocycles. The van der Waals surface area contributed by atoms with Gasteiger partial charge in [0, 0.05) is 4.90 Å². The Labute approximate surface area is 166 Å². The van der Waals surface area contributed by atoms with Crippen molar-refractivity contribution in [1.29, 1.82) is 0 Å². The molecule has 0 fully saturated rings. The molecular formula is C18H11F7N2O2S. The molecule has 0 aliphatic carbocycles. The molecule has 4 nitrogen and oxygen atoms in total. The maximum absolute atomic E-state index is 14.5. The van der Waals surface area contributed by atoms with Gasteiger partial charge in [0.2, 0.25) is 0 Å². The summed E-state index contributed by atoms with van der Waals surface area (Å²) >= 11 is 0. The number of fused-ring (bicyclic) bond motifs is 1. The molecule has 0 aliphatic heterocycles. The van der Waals surface area contributed by atoms with Crippen LogP contribution in [0.4, 0.5) is 30.7 Å². The van der Waals surface area contributed by atoms with Crippen LogP contribution in [0, 0.1) is 12.7 Å². The van der Waals surface area contributed by atoms with E-state index in [1.807, 2.05) is 0 Å². The third kappa shape index (κ3) is 4.37. The van der Waals surface area contributed by atoms with Crippen LogP contribution >= 0.6 is 0 Å². The van der Waals surface area contributed by atoms with Gasteiger partial charge in [-0.15, -0.1) is 0 Å². The Kier molecular flexibility index (Phi) is 5.48. The molecule has 0 N–H and O–H groups in total. The minimum atomic E-state index is -4.75. The van der Waals surface area contributed by atoms with Gasteiger partial charge in [-0.1, -0.05) is 0 Å². The van der Waals surface area contributed by atoms with Crippen molar-refractivity contribution in [3.8, 4) is 5.69 Å². The zero-order valence-electron chi connectivity index (χ0n) is 14.9. The first-order valence-corrected chi connectivity index (χ1v) is 9.44. The number of halogens is 7. The number of alkyl halides is 6. The van der Waals surface area contributed by atoms with E-state index in [4.69, 9.17) is 0 Å². The summed E-state index contributed by atoms with van der Waals surface area (Å²) in [5, 5.41) is -0.467. The fourth-order valence-electron chi connectivity index (χ4n) is 2.77. The summed E-state index contributed by atoms with van der Waals surface area (Å²) in [7, 11) is -2.58. The monoisotopic (exact) mass is 452 g/mol. The maximum Gasteiger partial charge on any atom is 0.416 e. The highest BCUT2D eigenvalue weighted by Gasteiger charge is 2.32. The van der Waals surface area contributed by atoms with E-state index in [1.165, 1.54) is 6.92 Å². The SMILES string of the molecule is Cc1cc(F)c(-n2cnc3ccc(C(F)(F)F)cc3c2=O)cc1S(=O)CC(F)(F)F. The Morgan fingerprint density at radius 3 is 2.33 bits per heavy atom. The first-order valence-electron chi connectivity index (χ1n) is 8.12. The Bertz CT molecular complexity index is 1220. The summed E-state index contributed by atoms with van der Waals surface area (Å²) in [6, 6.07) is 3.84. The van der Waals surface area contributed by atoms with E-state index in [9.17, 15) is 39.7 Å². The minimum Gasteiger partial charge on any atom is -0.268 e. The van der Waals surface area contributed by atoms with Gasteiger partial charge in [0.15, 0.2) is 0 Å². The van der Waals surface area contributed by atoms with E-state index in [0.717, 1.165) is 30.6 Å². The number of aryl methyl sites for hydroxylation is 1. The van der Waals surface area contributed by atoms with E-state index >= 15 is 0 Å². The van der Waals surface area contributed by atoms with Crippen LogP contribution in [0.25, 0.3) is 16.6 Å². The molecule has 0 spiro atoms. The van der Waals surface area contributed by atoms with Gasteiger partial charge in [-0.25, -0.2) is 9.37 Å². The van der Waals surface area contributed by atoms with Crippen molar-refractivity contribution >= 4 is 21.7 Å². The molecule has 0 radical (unpaired) electrons. The number of rotatable bonds is 3. The molecule has 0 bridgehead atoms. The van der Waals surface area contributed by atoms with Crippen molar-refractivity contribution in [3.05, 3.63) is 64.0 Å². The zero-order chi connectivity index (χ0) is 22.4. The molecule has 1 unspecified atom stereocenters. The lowest BCUT2D eigenvalue weighted by molar-refractivity contribution is -0.137. The van der Waals surface area contributed by atoms with Gasteiger partial charge in [-0.2, -0.15) is 26.3 Å². The third-order valence-corrected chi connectivity index (χ3v) is 5.65. The predicted octanol–water partition coefficient (Wildman–Crippen LogP) is 4.52. The number of nitrogens with zero attached hydrogens (tertiary/aromatic N) is 2. The predicted molar refractivity (Wildman–Crippen MR) is 94.4 cm³/mol. The van der Waals surface area contributed by atoms with E-state index in [1.54, 1.807) is 0 Å². The molecule has 0 saturated heterocycles. The van der Waals surface area contributed by atoms with Crippen molar-refractivity contribution < 1.29 is 34.9 Å². The van der Waals surface area contributed by atoms with E-state index in [0.29, 0.717) is 10.6 Å². The second kappa shape index (κ2) is 7.49. The van der Waals surface area contributed by atoms with Crippen LogP contribution in [0.15, 0.2) is 46.3 Å². The van der Waals surface area contributed by atoms with E-state index in [-0.39, 0.29) is 16.0 Å². The number of hydrogen-bond acceptors (Lipinski definition) is 3. The quantitative estimate of drug-likeness (QED) is 0.549. The first kappa shape index (κ1) is 21.9. The summed E-state index contributed by atoms with van der Waals surface area (Å²) in [6.07, 6.45) is -8.65.